The van der Waals surface area contributed by atoms with Crippen LogP contribution in [0.4, 0.5) is 0 Å². The van der Waals surface area contributed by atoms with Gasteiger partial charge in [-0.15, -0.1) is 0 Å². The van der Waals surface area contributed by atoms with E-state index in [2.05, 4.69) is 0 Å². The number of amides is 1. The maximum Gasteiger partial charge on any atom is 0.335 e. The molecule has 1 aromatic carbocycles. The molecule has 0 radical (unpaired) electrons. The first-order valence-electron chi connectivity index (χ1n) is 6.00. The highest BCUT2D eigenvalue weighted by Gasteiger charge is 2.43. The van der Waals surface area contributed by atoms with Crippen molar-refractivity contribution in [2.24, 2.45) is 5.73 Å². The van der Waals surface area contributed by atoms with E-state index in [0.717, 1.165) is 10.6 Å². The van der Waals surface area contributed by atoms with Crippen LogP contribution in [0.2, 0.25) is 0 Å². The number of hydroxylamine groups is 2. The molecule has 19 heavy (non-hydrogen) atoms. The maximum atomic E-state index is 11.4. The molecule has 1 heterocycles. The highest BCUT2D eigenvalue weighted by atomic mass is 16.7. The summed E-state index contributed by atoms with van der Waals surface area (Å²) in [6.45, 7) is 1.64. The monoisotopic (exact) mass is 264 g/mol. The number of hydrogen-bond donors (Lipinski definition) is 1. The van der Waals surface area contributed by atoms with Crippen molar-refractivity contribution in [1.29, 1.82) is 0 Å². The van der Waals surface area contributed by atoms with Crippen LogP contribution < -0.4 is 5.73 Å². The van der Waals surface area contributed by atoms with E-state index in [9.17, 15) is 9.59 Å². The van der Waals surface area contributed by atoms with E-state index < -0.39 is 12.0 Å². The molecule has 2 atom stereocenters. The molecular weight excluding hydrogens is 248 g/mol. The maximum absolute atomic E-state index is 11.4. The zero-order valence-corrected chi connectivity index (χ0v) is 10.6. The molecule has 2 N–H and O–H groups in total. The number of carbonyl (C=O) groups is 2. The van der Waals surface area contributed by atoms with Gasteiger partial charge in [-0.3, -0.25) is 9.63 Å². The topological polar surface area (TPSA) is 81.9 Å². The first-order chi connectivity index (χ1) is 9.09. The zero-order chi connectivity index (χ0) is 13.8. The van der Waals surface area contributed by atoms with Crippen LogP contribution in [0.5, 0.6) is 0 Å². The summed E-state index contributed by atoms with van der Waals surface area (Å²) in [5.74, 6) is -0.840. The minimum atomic E-state index is -0.541. The summed E-state index contributed by atoms with van der Waals surface area (Å²) in [5.41, 5.74) is 6.40. The average molecular weight is 264 g/mol. The fourth-order valence-electron chi connectivity index (χ4n) is 1.70. The molecule has 6 nitrogen and oxygen atoms in total. The standard InChI is InChI=1S/C13H16N2O4/c1-9-12(14)13(17)15(9)19-8-11(16)18-7-10-5-3-2-4-6-10/h2-6,9,12H,7-8,14H2,1H3/t9-,12-/m0/s1. The summed E-state index contributed by atoms with van der Waals surface area (Å²) < 4.78 is 5.01. The molecule has 1 aliphatic heterocycles. The number of ether oxygens (including phenoxy) is 1. The summed E-state index contributed by atoms with van der Waals surface area (Å²) >= 11 is 0. The van der Waals surface area contributed by atoms with Crippen LogP contribution in [-0.4, -0.2) is 35.6 Å². The first-order valence-corrected chi connectivity index (χ1v) is 6.00. The van der Waals surface area contributed by atoms with E-state index in [1.807, 2.05) is 30.3 Å². The second-order valence-corrected chi connectivity index (χ2v) is 4.35. The van der Waals surface area contributed by atoms with Gasteiger partial charge in [0, 0.05) is 0 Å². The Balaban J connectivity index is 1.70. The molecule has 6 heteroatoms. The fraction of sp³-hybridized carbons (Fsp3) is 0.385. The molecule has 1 aromatic rings. The van der Waals surface area contributed by atoms with Crippen molar-refractivity contribution in [1.82, 2.24) is 5.06 Å². The van der Waals surface area contributed by atoms with Crippen LogP contribution in [-0.2, 0) is 25.8 Å². The van der Waals surface area contributed by atoms with Gasteiger partial charge in [0.1, 0.15) is 12.6 Å². The molecule has 0 aromatic heterocycles. The summed E-state index contributed by atoms with van der Waals surface area (Å²) in [6, 6.07) is 8.56. The quantitative estimate of drug-likeness (QED) is 0.607. The summed E-state index contributed by atoms with van der Waals surface area (Å²) in [6.07, 6.45) is 0. The first kappa shape index (κ1) is 13.5. The van der Waals surface area contributed by atoms with Crippen LogP contribution in [0.25, 0.3) is 0 Å². The lowest BCUT2D eigenvalue weighted by Crippen LogP contribution is -2.67. The fourth-order valence-corrected chi connectivity index (χ4v) is 1.70. The highest BCUT2D eigenvalue weighted by molar-refractivity contribution is 5.88. The van der Waals surface area contributed by atoms with Crippen molar-refractivity contribution >= 4 is 11.9 Å². The lowest BCUT2D eigenvalue weighted by atomic mass is 10.0. The summed E-state index contributed by atoms with van der Waals surface area (Å²) in [7, 11) is 0. The van der Waals surface area contributed by atoms with Crippen LogP contribution in [0.3, 0.4) is 0 Å². The van der Waals surface area contributed by atoms with E-state index in [1.54, 1.807) is 6.92 Å². The molecule has 0 aliphatic carbocycles. The largest absolute Gasteiger partial charge is 0.459 e. The third-order valence-electron chi connectivity index (χ3n) is 2.96. The Morgan fingerprint density at radius 2 is 2.05 bits per heavy atom. The molecule has 2 rings (SSSR count). The van der Waals surface area contributed by atoms with E-state index >= 15 is 0 Å². The Bertz CT molecular complexity index is 463. The normalized spacial score (nSPS) is 22.0. The van der Waals surface area contributed by atoms with Crippen LogP contribution in [0, 0.1) is 0 Å². The lowest BCUT2D eigenvalue weighted by Gasteiger charge is -2.41. The van der Waals surface area contributed by atoms with Crippen molar-refractivity contribution < 1.29 is 19.2 Å². The molecule has 0 unspecified atom stereocenters. The smallest absolute Gasteiger partial charge is 0.335 e. The van der Waals surface area contributed by atoms with E-state index in [0.29, 0.717) is 0 Å². The van der Waals surface area contributed by atoms with Gasteiger partial charge in [0.05, 0.1) is 6.04 Å². The number of esters is 1. The summed E-state index contributed by atoms with van der Waals surface area (Å²) in [5, 5.41) is 1.11. The second-order valence-electron chi connectivity index (χ2n) is 4.35. The number of nitrogens with zero attached hydrogens (tertiary/aromatic N) is 1. The van der Waals surface area contributed by atoms with Crippen molar-refractivity contribution in [3.63, 3.8) is 0 Å². The van der Waals surface area contributed by atoms with Gasteiger partial charge in [0.25, 0.3) is 5.91 Å². The van der Waals surface area contributed by atoms with Gasteiger partial charge in [-0.2, -0.15) is 0 Å². The Labute approximate surface area is 111 Å². The molecular formula is C13H16N2O4. The van der Waals surface area contributed by atoms with Gasteiger partial charge in [-0.05, 0) is 12.5 Å². The molecule has 1 aliphatic rings. The number of carbonyl (C=O) groups excluding carboxylic acids is 2. The average Bonchev–Trinajstić information content (AvgIpc) is 2.45. The third kappa shape index (κ3) is 3.10. The van der Waals surface area contributed by atoms with Crippen LogP contribution >= 0.6 is 0 Å². The Morgan fingerprint density at radius 3 is 2.68 bits per heavy atom. The van der Waals surface area contributed by atoms with Gasteiger partial charge in [-0.25, -0.2) is 9.86 Å². The zero-order valence-electron chi connectivity index (χ0n) is 10.6. The lowest BCUT2D eigenvalue weighted by molar-refractivity contribution is -0.232. The number of hydrogen-bond acceptors (Lipinski definition) is 5. The van der Waals surface area contributed by atoms with Gasteiger partial charge in [-0.1, -0.05) is 30.3 Å². The van der Waals surface area contributed by atoms with E-state index in [-0.39, 0.29) is 25.2 Å². The van der Waals surface area contributed by atoms with E-state index in [4.69, 9.17) is 15.3 Å². The molecule has 1 amide bonds. The SMILES string of the molecule is C[C@H]1[C@H](N)C(=O)N1OCC(=O)OCc1ccccc1. The van der Waals surface area contributed by atoms with Crippen molar-refractivity contribution in [3.8, 4) is 0 Å². The van der Waals surface area contributed by atoms with Crippen molar-refractivity contribution in [2.45, 2.75) is 25.6 Å². The van der Waals surface area contributed by atoms with Gasteiger partial charge < -0.3 is 10.5 Å². The number of rotatable bonds is 5. The van der Waals surface area contributed by atoms with Gasteiger partial charge in [0.2, 0.25) is 0 Å². The van der Waals surface area contributed by atoms with Gasteiger partial charge >= 0.3 is 5.97 Å². The number of β-lactam (4-membered cyclic amide) rings is 1. The van der Waals surface area contributed by atoms with Crippen LogP contribution in [0.15, 0.2) is 30.3 Å². The van der Waals surface area contributed by atoms with Gasteiger partial charge in [0.15, 0.2) is 6.61 Å². The molecule has 1 saturated heterocycles. The summed E-state index contributed by atoms with van der Waals surface area (Å²) in [4.78, 5) is 27.8. The Hall–Kier alpha value is -1.92. The minimum absolute atomic E-state index is 0.187. The number of benzene rings is 1. The predicted molar refractivity (Wildman–Crippen MR) is 66.5 cm³/mol. The molecule has 1 fully saturated rings. The van der Waals surface area contributed by atoms with E-state index in [1.165, 1.54) is 0 Å². The third-order valence-corrected chi connectivity index (χ3v) is 2.96. The highest BCUT2D eigenvalue weighted by Crippen LogP contribution is 2.17. The molecule has 102 valence electrons. The predicted octanol–water partition coefficient (Wildman–Crippen LogP) is 0.219. The van der Waals surface area contributed by atoms with Crippen molar-refractivity contribution in [3.05, 3.63) is 35.9 Å². The van der Waals surface area contributed by atoms with Crippen molar-refractivity contribution in [2.75, 3.05) is 6.61 Å². The number of nitrogens with two attached hydrogens (primary N) is 1. The molecule has 0 saturated carbocycles. The van der Waals surface area contributed by atoms with Crippen LogP contribution in [0.1, 0.15) is 12.5 Å². The second kappa shape index (κ2) is 5.81. The molecule has 0 bridgehead atoms. The Kier molecular flexibility index (Phi) is 4.13. The minimum Gasteiger partial charge on any atom is -0.459 e. The Morgan fingerprint density at radius 1 is 1.37 bits per heavy atom. The molecule has 0 spiro atoms.